The van der Waals surface area contributed by atoms with Crippen LogP contribution in [0.1, 0.15) is 18.4 Å². The van der Waals surface area contributed by atoms with Gasteiger partial charge in [0.05, 0.1) is 5.92 Å². The number of amides is 1. The summed E-state index contributed by atoms with van der Waals surface area (Å²) >= 11 is 3.42. The van der Waals surface area contributed by atoms with E-state index in [1.54, 1.807) is 0 Å². The van der Waals surface area contributed by atoms with Crippen LogP contribution >= 0.6 is 15.9 Å². The molecular formula is C13H17BrN2O. The fourth-order valence-electron chi connectivity index (χ4n) is 2.28. The van der Waals surface area contributed by atoms with Crippen molar-refractivity contribution >= 4 is 21.8 Å². The molecule has 92 valence electrons. The maximum atomic E-state index is 11.2. The van der Waals surface area contributed by atoms with E-state index in [2.05, 4.69) is 33.0 Å². The maximum Gasteiger partial charge on any atom is 0.221 e. The highest BCUT2D eigenvalue weighted by Crippen LogP contribution is 2.19. The maximum absolute atomic E-state index is 11.2. The average Bonchev–Trinajstić information content (AvgIpc) is 2.32. The van der Waals surface area contributed by atoms with Crippen molar-refractivity contribution in [2.45, 2.75) is 19.4 Å². The molecule has 2 rings (SSSR count). The predicted octanol–water partition coefficient (Wildman–Crippen LogP) is 2.15. The summed E-state index contributed by atoms with van der Waals surface area (Å²) in [5, 5.41) is 0. The van der Waals surface area contributed by atoms with Crippen LogP contribution in [-0.2, 0) is 11.3 Å². The smallest absolute Gasteiger partial charge is 0.221 e. The summed E-state index contributed by atoms with van der Waals surface area (Å²) in [6, 6.07) is 8.31. The van der Waals surface area contributed by atoms with Crippen molar-refractivity contribution in [3.8, 4) is 0 Å². The Kier molecular flexibility index (Phi) is 4.18. The van der Waals surface area contributed by atoms with Crippen molar-refractivity contribution in [1.29, 1.82) is 0 Å². The zero-order valence-electron chi connectivity index (χ0n) is 9.73. The number of halogens is 1. The van der Waals surface area contributed by atoms with Gasteiger partial charge in [0.25, 0.3) is 0 Å². The summed E-state index contributed by atoms with van der Waals surface area (Å²) in [7, 11) is 0. The van der Waals surface area contributed by atoms with E-state index in [9.17, 15) is 4.79 Å². The molecule has 0 spiro atoms. The van der Waals surface area contributed by atoms with Crippen LogP contribution in [0.25, 0.3) is 0 Å². The molecule has 1 aromatic rings. The molecule has 3 nitrogen and oxygen atoms in total. The van der Waals surface area contributed by atoms with E-state index < -0.39 is 0 Å². The van der Waals surface area contributed by atoms with Gasteiger partial charge in [0, 0.05) is 17.6 Å². The summed E-state index contributed by atoms with van der Waals surface area (Å²) in [4.78, 5) is 13.5. The van der Waals surface area contributed by atoms with Gasteiger partial charge in [0.15, 0.2) is 0 Å². The molecule has 1 aliphatic rings. The van der Waals surface area contributed by atoms with Crippen LogP contribution in [0.15, 0.2) is 28.7 Å². The highest BCUT2D eigenvalue weighted by molar-refractivity contribution is 9.10. The van der Waals surface area contributed by atoms with E-state index in [0.717, 1.165) is 36.9 Å². The molecule has 1 aliphatic heterocycles. The Balaban J connectivity index is 1.94. The lowest BCUT2D eigenvalue weighted by atomic mass is 9.97. The Bertz CT molecular complexity index is 391. The minimum absolute atomic E-state index is 0.0270. The summed E-state index contributed by atoms with van der Waals surface area (Å²) in [5.74, 6) is -0.135. The van der Waals surface area contributed by atoms with E-state index in [4.69, 9.17) is 5.73 Å². The second-order valence-electron chi connectivity index (χ2n) is 4.60. The lowest BCUT2D eigenvalue weighted by Crippen LogP contribution is -2.40. The number of benzene rings is 1. The van der Waals surface area contributed by atoms with Gasteiger partial charge in [0.1, 0.15) is 0 Å². The van der Waals surface area contributed by atoms with Gasteiger partial charge in [0.2, 0.25) is 5.91 Å². The van der Waals surface area contributed by atoms with Gasteiger partial charge in [-0.3, -0.25) is 9.69 Å². The van der Waals surface area contributed by atoms with Gasteiger partial charge < -0.3 is 5.73 Å². The summed E-state index contributed by atoms with van der Waals surface area (Å²) in [5.41, 5.74) is 6.65. The number of piperidine rings is 1. The number of carbonyl (C=O) groups is 1. The van der Waals surface area contributed by atoms with Crippen molar-refractivity contribution in [3.63, 3.8) is 0 Å². The number of primary amides is 1. The number of rotatable bonds is 3. The Hall–Kier alpha value is -0.870. The number of nitrogens with zero attached hydrogens (tertiary/aromatic N) is 1. The van der Waals surface area contributed by atoms with Crippen LogP contribution < -0.4 is 5.73 Å². The first-order valence-electron chi connectivity index (χ1n) is 5.91. The summed E-state index contributed by atoms with van der Waals surface area (Å²) in [6.07, 6.45) is 2.00. The topological polar surface area (TPSA) is 46.3 Å². The highest BCUT2D eigenvalue weighted by atomic mass is 79.9. The third kappa shape index (κ3) is 3.54. The fourth-order valence-corrected chi connectivity index (χ4v) is 2.54. The first kappa shape index (κ1) is 12.6. The zero-order valence-corrected chi connectivity index (χ0v) is 11.3. The van der Waals surface area contributed by atoms with Gasteiger partial charge in [-0.1, -0.05) is 28.1 Å². The van der Waals surface area contributed by atoms with Crippen molar-refractivity contribution in [2.75, 3.05) is 13.1 Å². The Morgan fingerprint density at radius 2 is 2.12 bits per heavy atom. The minimum Gasteiger partial charge on any atom is -0.369 e. The van der Waals surface area contributed by atoms with Crippen molar-refractivity contribution < 1.29 is 4.79 Å². The number of carbonyl (C=O) groups excluding carboxylic acids is 1. The van der Waals surface area contributed by atoms with E-state index in [1.165, 1.54) is 5.56 Å². The molecule has 0 bridgehead atoms. The lowest BCUT2D eigenvalue weighted by molar-refractivity contribution is -0.123. The number of hydrogen-bond donors (Lipinski definition) is 1. The first-order chi connectivity index (χ1) is 8.15. The lowest BCUT2D eigenvalue weighted by Gasteiger charge is -2.31. The number of likely N-dealkylation sites (tertiary alicyclic amines) is 1. The van der Waals surface area contributed by atoms with Gasteiger partial charge in [-0.15, -0.1) is 0 Å². The molecule has 1 amide bonds. The van der Waals surface area contributed by atoms with Crippen molar-refractivity contribution in [2.24, 2.45) is 11.7 Å². The third-order valence-corrected chi connectivity index (χ3v) is 3.76. The minimum atomic E-state index is -0.162. The van der Waals surface area contributed by atoms with Crippen molar-refractivity contribution in [3.05, 3.63) is 34.3 Å². The van der Waals surface area contributed by atoms with Crippen LogP contribution in [0.2, 0.25) is 0 Å². The second kappa shape index (κ2) is 5.65. The van der Waals surface area contributed by atoms with E-state index >= 15 is 0 Å². The molecule has 2 N–H and O–H groups in total. The molecule has 0 aliphatic carbocycles. The molecule has 4 heteroatoms. The molecule has 0 unspecified atom stereocenters. The Morgan fingerprint density at radius 1 is 1.41 bits per heavy atom. The molecule has 1 fully saturated rings. The van der Waals surface area contributed by atoms with E-state index in [-0.39, 0.29) is 11.8 Å². The standard InChI is InChI=1S/C13H17BrN2O/c14-12-5-3-10(4-6-12)8-16-7-1-2-11(9-16)13(15)17/h3-6,11H,1-2,7-9H2,(H2,15,17)/t11-/m0/s1. The number of hydrogen-bond acceptors (Lipinski definition) is 2. The molecule has 1 aromatic carbocycles. The van der Waals surface area contributed by atoms with Crippen molar-refractivity contribution in [1.82, 2.24) is 4.90 Å². The molecule has 1 atom stereocenters. The van der Waals surface area contributed by atoms with Gasteiger partial charge >= 0.3 is 0 Å². The Labute approximate surface area is 110 Å². The molecule has 1 heterocycles. The van der Waals surface area contributed by atoms with Crippen LogP contribution in [-0.4, -0.2) is 23.9 Å². The van der Waals surface area contributed by atoms with E-state index in [0.29, 0.717) is 0 Å². The largest absolute Gasteiger partial charge is 0.369 e. The highest BCUT2D eigenvalue weighted by Gasteiger charge is 2.23. The molecule has 1 saturated heterocycles. The monoisotopic (exact) mass is 296 g/mol. The van der Waals surface area contributed by atoms with Crippen LogP contribution in [0, 0.1) is 5.92 Å². The summed E-state index contributed by atoms with van der Waals surface area (Å²) in [6.45, 7) is 2.75. The quantitative estimate of drug-likeness (QED) is 0.929. The van der Waals surface area contributed by atoms with E-state index in [1.807, 2.05) is 12.1 Å². The second-order valence-corrected chi connectivity index (χ2v) is 5.52. The third-order valence-electron chi connectivity index (χ3n) is 3.23. The van der Waals surface area contributed by atoms with Gasteiger partial charge in [-0.25, -0.2) is 0 Å². The zero-order chi connectivity index (χ0) is 12.3. The fraction of sp³-hybridized carbons (Fsp3) is 0.462. The molecular weight excluding hydrogens is 280 g/mol. The predicted molar refractivity (Wildman–Crippen MR) is 71.3 cm³/mol. The normalized spacial score (nSPS) is 21.4. The van der Waals surface area contributed by atoms with Crippen LogP contribution in [0.3, 0.4) is 0 Å². The summed E-state index contributed by atoms with van der Waals surface area (Å²) < 4.78 is 1.09. The average molecular weight is 297 g/mol. The molecule has 17 heavy (non-hydrogen) atoms. The molecule has 0 radical (unpaired) electrons. The first-order valence-corrected chi connectivity index (χ1v) is 6.70. The molecule has 0 aromatic heterocycles. The SMILES string of the molecule is NC(=O)[C@H]1CCCN(Cc2ccc(Br)cc2)C1. The Morgan fingerprint density at radius 3 is 2.76 bits per heavy atom. The van der Waals surface area contributed by atoms with Crippen LogP contribution in [0.5, 0.6) is 0 Å². The van der Waals surface area contributed by atoms with Crippen LogP contribution in [0.4, 0.5) is 0 Å². The number of nitrogens with two attached hydrogens (primary N) is 1. The van der Waals surface area contributed by atoms with Gasteiger partial charge in [-0.05, 0) is 37.1 Å². The van der Waals surface area contributed by atoms with Gasteiger partial charge in [-0.2, -0.15) is 0 Å². The molecule has 0 saturated carbocycles.